The molecule has 1 fully saturated rings. The SMILES string of the molecule is O=C1CC[C@H]2c3ccccc3C(=O)[C@H]2C1. The molecule has 2 atom stereocenters. The van der Waals surface area contributed by atoms with E-state index in [1.807, 2.05) is 24.3 Å². The van der Waals surface area contributed by atoms with Crippen LogP contribution in [0.4, 0.5) is 0 Å². The Kier molecular flexibility index (Phi) is 1.78. The molecule has 1 aromatic rings. The topological polar surface area (TPSA) is 34.1 Å². The average Bonchev–Trinajstić information content (AvgIpc) is 2.54. The van der Waals surface area contributed by atoms with Gasteiger partial charge in [0.25, 0.3) is 0 Å². The molecule has 0 saturated heterocycles. The summed E-state index contributed by atoms with van der Waals surface area (Å²) in [6.45, 7) is 0. The number of rotatable bonds is 0. The van der Waals surface area contributed by atoms with Gasteiger partial charge in [-0.2, -0.15) is 0 Å². The van der Waals surface area contributed by atoms with E-state index in [0.717, 1.165) is 12.0 Å². The van der Waals surface area contributed by atoms with E-state index in [2.05, 4.69) is 0 Å². The Morgan fingerprint density at radius 1 is 1.07 bits per heavy atom. The highest BCUT2D eigenvalue weighted by atomic mass is 16.1. The van der Waals surface area contributed by atoms with Gasteiger partial charge >= 0.3 is 0 Å². The molecule has 0 N–H and O–H groups in total. The number of Topliss-reactive ketones (excluding diaryl/α,β-unsaturated/α-hetero) is 2. The Hall–Kier alpha value is -1.44. The molecule has 0 aromatic heterocycles. The highest BCUT2D eigenvalue weighted by Crippen LogP contribution is 2.45. The molecule has 15 heavy (non-hydrogen) atoms. The van der Waals surface area contributed by atoms with Crippen LogP contribution in [0.3, 0.4) is 0 Å². The second kappa shape index (κ2) is 3.02. The van der Waals surface area contributed by atoms with E-state index in [1.165, 1.54) is 5.56 Å². The summed E-state index contributed by atoms with van der Waals surface area (Å²) in [5.74, 6) is 0.691. The summed E-state index contributed by atoms with van der Waals surface area (Å²) in [6.07, 6.45) is 1.95. The number of carbonyl (C=O) groups is 2. The molecule has 0 amide bonds. The number of hydrogen-bond donors (Lipinski definition) is 0. The van der Waals surface area contributed by atoms with E-state index in [4.69, 9.17) is 0 Å². The third kappa shape index (κ3) is 1.17. The van der Waals surface area contributed by atoms with Gasteiger partial charge in [0.1, 0.15) is 5.78 Å². The number of hydrogen-bond acceptors (Lipinski definition) is 2. The number of benzene rings is 1. The summed E-state index contributed by atoms with van der Waals surface area (Å²) in [6, 6.07) is 7.80. The van der Waals surface area contributed by atoms with Crippen LogP contribution >= 0.6 is 0 Å². The first kappa shape index (κ1) is 8.84. The molecule has 0 heterocycles. The molecule has 0 bridgehead atoms. The molecule has 1 aromatic carbocycles. The maximum Gasteiger partial charge on any atom is 0.167 e. The Morgan fingerprint density at radius 2 is 1.87 bits per heavy atom. The van der Waals surface area contributed by atoms with Crippen molar-refractivity contribution in [3.63, 3.8) is 0 Å². The van der Waals surface area contributed by atoms with Gasteiger partial charge in [0, 0.05) is 24.3 Å². The first-order valence-electron chi connectivity index (χ1n) is 5.42. The van der Waals surface area contributed by atoms with Crippen LogP contribution in [0.1, 0.15) is 41.1 Å². The van der Waals surface area contributed by atoms with Crippen LogP contribution in [0.2, 0.25) is 0 Å². The molecule has 0 spiro atoms. The van der Waals surface area contributed by atoms with Crippen molar-refractivity contribution < 1.29 is 9.59 Å². The summed E-state index contributed by atoms with van der Waals surface area (Å²) in [5.41, 5.74) is 2.02. The van der Waals surface area contributed by atoms with E-state index in [0.29, 0.717) is 18.8 Å². The highest BCUT2D eigenvalue weighted by molar-refractivity contribution is 6.05. The van der Waals surface area contributed by atoms with Crippen LogP contribution in [-0.2, 0) is 4.79 Å². The zero-order valence-corrected chi connectivity index (χ0v) is 8.40. The molecular weight excluding hydrogens is 188 g/mol. The lowest BCUT2D eigenvalue weighted by atomic mass is 9.79. The normalized spacial score (nSPS) is 28.8. The third-order valence-corrected chi connectivity index (χ3v) is 3.63. The number of ketones is 2. The number of fused-ring (bicyclic) bond motifs is 3. The average molecular weight is 200 g/mol. The maximum absolute atomic E-state index is 12.0. The monoisotopic (exact) mass is 200 g/mol. The summed E-state index contributed by atoms with van der Waals surface area (Å²) in [7, 11) is 0. The second-order valence-corrected chi connectivity index (χ2v) is 4.45. The van der Waals surface area contributed by atoms with Gasteiger partial charge in [0.15, 0.2) is 5.78 Å². The maximum atomic E-state index is 12.0. The molecule has 0 unspecified atom stereocenters. The second-order valence-electron chi connectivity index (χ2n) is 4.45. The Labute approximate surface area is 88.3 Å². The van der Waals surface area contributed by atoms with Gasteiger partial charge in [-0.3, -0.25) is 9.59 Å². The lowest BCUT2D eigenvalue weighted by Crippen LogP contribution is -2.23. The summed E-state index contributed by atoms with van der Waals surface area (Å²) in [5, 5.41) is 0. The van der Waals surface area contributed by atoms with Crippen molar-refractivity contribution in [1.29, 1.82) is 0 Å². The van der Waals surface area contributed by atoms with Crippen LogP contribution in [0, 0.1) is 5.92 Å². The summed E-state index contributed by atoms with van der Waals surface area (Å²) in [4.78, 5) is 23.4. The minimum atomic E-state index is -0.0522. The molecule has 0 aliphatic heterocycles. The van der Waals surface area contributed by atoms with E-state index in [9.17, 15) is 9.59 Å². The van der Waals surface area contributed by atoms with Crippen LogP contribution in [-0.4, -0.2) is 11.6 Å². The molecule has 2 heteroatoms. The van der Waals surface area contributed by atoms with Crippen LogP contribution in [0.5, 0.6) is 0 Å². The molecule has 3 rings (SSSR count). The fourth-order valence-electron chi connectivity index (χ4n) is 2.90. The van der Waals surface area contributed by atoms with Crippen molar-refractivity contribution >= 4 is 11.6 Å². The zero-order chi connectivity index (χ0) is 10.4. The summed E-state index contributed by atoms with van der Waals surface area (Å²) < 4.78 is 0. The molecule has 0 radical (unpaired) electrons. The van der Waals surface area contributed by atoms with Crippen molar-refractivity contribution in [3.8, 4) is 0 Å². The van der Waals surface area contributed by atoms with E-state index >= 15 is 0 Å². The lowest BCUT2D eigenvalue weighted by Gasteiger charge is -2.23. The van der Waals surface area contributed by atoms with E-state index in [-0.39, 0.29) is 17.5 Å². The molecule has 2 aliphatic rings. The highest BCUT2D eigenvalue weighted by Gasteiger charge is 2.42. The first-order chi connectivity index (χ1) is 7.27. The fourth-order valence-corrected chi connectivity index (χ4v) is 2.90. The minimum Gasteiger partial charge on any atom is -0.300 e. The van der Waals surface area contributed by atoms with E-state index < -0.39 is 0 Å². The molecule has 76 valence electrons. The minimum absolute atomic E-state index is 0.0522. The van der Waals surface area contributed by atoms with Crippen LogP contribution in [0.15, 0.2) is 24.3 Å². The molecule has 2 aliphatic carbocycles. The number of carbonyl (C=O) groups excluding carboxylic acids is 2. The Morgan fingerprint density at radius 3 is 2.73 bits per heavy atom. The van der Waals surface area contributed by atoms with Crippen molar-refractivity contribution in [2.24, 2.45) is 5.92 Å². The van der Waals surface area contributed by atoms with Gasteiger partial charge in [-0.1, -0.05) is 24.3 Å². The predicted molar refractivity (Wildman–Crippen MR) is 55.9 cm³/mol. The van der Waals surface area contributed by atoms with Gasteiger partial charge in [-0.15, -0.1) is 0 Å². The molecule has 2 nitrogen and oxygen atoms in total. The standard InChI is InChI=1S/C13H12O2/c14-8-5-6-10-9-3-1-2-4-11(9)13(15)12(10)7-8/h1-4,10,12H,5-7H2/t10-,12-/m0/s1. The van der Waals surface area contributed by atoms with Gasteiger partial charge in [0.2, 0.25) is 0 Å². The smallest absolute Gasteiger partial charge is 0.167 e. The van der Waals surface area contributed by atoms with Crippen LogP contribution in [0.25, 0.3) is 0 Å². The quantitative estimate of drug-likeness (QED) is 0.644. The summed E-state index contributed by atoms with van der Waals surface area (Å²) >= 11 is 0. The van der Waals surface area contributed by atoms with Gasteiger partial charge < -0.3 is 0 Å². The third-order valence-electron chi connectivity index (χ3n) is 3.63. The van der Waals surface area contributed by atoms with Crippen LogP contribution < -0.4 is 0 Å². The zero-order valence-electron chi connectivity index (χ0n) is 8.40. The fraction of sp³-hybridized carbons (Fsp3) is 0.385. The van der Waals surface area contributed by atoms with Gasteiger partial charge in [-0.05, 0) is 17.9 Å². The first-order valence-corrected chi connectivity index (χ1v) is 5.42. The van der Waals surface area contributed by atoms with Crippen molar-refractivity contribution in [3.05, 3.63) is 35.4 Å². The Bertz CT molecular complexity index is 448. The van der Waals surface area contributed by atoms with Crippen molar-refractivity contribution in [2.45, 2.75) is 25.2 Å². The van der Waals surface area contributed by atoms with E-state index in [1.54, 1.807) is 0 Å². The Balaban J connectivity index is 2.08. The van der Waals surface area contributed by atoms with Crippen molar-refractivity contribution in [2.75, 3.05) is 0 Å². The lowest BCUT2D eigenvalue weighted by molar-refractivity contribution is -0.121. The largest absolute Gasteiger partial charge is 0.300 e. The molecule has 1 saturated carbocycles. The van der Waals surface area contributed by atoms with Gasteiger partial charge in [0.05, 0.1) is 0 Å². The van der Waals surface area contributed by atoms with Gasteiger partial charge in [-0.25, -0.2) is 0 Å². The molecular formula is C13H12O2. The van der Waals surface area contributed by atoms with Crippen molar-refractivity contribution in [1.82, 2.24) is 0 Å². The predicted octanol–water partition coefficient (Wildman–Crippen LogP) is 2.34.